The molecule has 3 aromatic rings. The van der Waals surface area contributed by atoms with Crippen molar-refractivity contribution in [1.82, 2.24) is 15.0 Å². The van der Waals surface area contributed by atoms with E-state index in [4.69, 9.17) is 20.9 Å². The highest BCUT2D eigenvalue weighted by atomic mass is 35.5. The topological polar surface area (TPSA) is 68.5 Å². The van der Waals surface area contributed by atoms with E-state index in [2.05, 4.69) is 10.1 Å². The Kier molecular flexibility index (Phi) is 6.31. The van der Waals surface area contributed by atoms with Crippen LogP contribution >= 0.6 is 11.6 Å². The van der Waals surface area contributed by atoms with Crippen molar-refractivity contribution in [3.63, 3.8) is 0 Å². The quantitative estimate of drug-likeness (QED) is 0.587. The Bertz CT molecular complexity index is 954. The lowest BCUT2D eigenvalue weighted by Crippen LogP contribution is -2.34. The molecular weight excluding hydrogens is 378 g/mol. The molecule has 1 amide bonds. The van der Waals surface area contributed by atoms with Crippen LogP contribution in [0.4, 0.5) is 0 Å². The first kappa shape index (κ1) is 19.9. The van der Waals surface area contributed by atoms with Gasteiger partial charge in [-0.05, 0) is 44.5 Å². The number of rotatable bonds is 7. The van der Waals surface area contributed by atoms with E-state index >= 15 is 0 Å². The summed E-state index contributed by atoms with van der Waals surface area (Å²) < 4.78 is 11.0. The predicted octanol–water partition coefficient (Wildman–Crippen LogP) is 4.43. The molecule has 0 saturated carbocycles. The molecule has 6 nitrogen and oxygen atoms in total. The van der Waals surface area contributed by atoms with Crippen molar-refractivity contribution in [2.45, 2.75) is 27.3 Å². The van der Waals surface area contributed by atoms with Gasteiger partial charge in [-0.2, -0.15) is 4.98 Å². The predicted molar refractivity (Wildman–Crippen MR) is 107 cm³/mol. The summed E-state index contributed by atoms with van der Waals surface area (Å²) in [6.07, 6.45) is 0. The van der Waals surface area contributed by atoms with E-state index in [-0.39, 0.29) is 19.1 Å². The van der Waals surface area contributed by atoms with Gasteiger partial charge in [-0.15, -0.1) is 0 Å². The Labute approximate surface area is 169 Å². The summed E-state index contributed by atoms with van der Waals surface area (Å²) in [6.45, 7) is 6.46. The molecule has 146 valence electrons. The number of aryl methyl sites for hydroxylation is 2. The van der Waals surface area contributed by atoms with Crippen LogP contribution in [-0.4, -0.2) is 34.1 Å². The van der Waals surface area contributed by atoms with E-state index < -0.39 is 0 Å². The second-order valence-electron chi connectivity index (χ2n) is 6.48. The smallest absolute Gasteiger partial charge is 0.260 e. The van der Waals surface area contributed by atoms with Gasteiger partial charge in [-0.25, -0.2) is 0 Å². The largest absolute Gasteiger partial charge is 0.483 e. The highest BCUT2D eigenvalue weighted by Crippen LogP contribution is 2.22. The normalized spacial score (nSPS) is 10.7. The number of hydrogen-bond donors (Lipinski definition) is 0. The number of hydrogen-bond acceptors (Lipinski definition) is 5. The van der Waals surface area contributed by atoms with Crippen LogP contribution < -0.4 is 4.74 Å². The SMILES string of the molecule is CCN(Cc1nc(-c2ccc(C)cc2)no1)C(=O)COc1ccc(Cl)cc1C. The molecule has 0 bridgehead atoms. The van der Waals surface area contributed by atoms with Gasteiger partial charge >= 0.3 is 0 Å². The molecule has 0 aliphatic heterocycles. The standard InChI is InChI=1S/C21H22ClN3O3/c1-4-25(20(26)13-27-18-10-9-17(22)11-15(18)3)12-19-23-21(24-28-19)16-7-5-14(2)6-8-16/h5-11H,4,12-13H2,1-3H3. The van der Waals surface area contributed by atoms with Crippen molar-refractivity contribution in [3.05, 3.63) is 64.5 Å². The monoisotopic (exact) mass is 399 g/mol. The number of likely N-dealkylation sites (N-methyl/N-ethyl adjacent to an activating group) is 1. The molecule has 0 aliphatic carbocycles. The van der Waals surface area contributed by atoms with Crippen molar-refractivity contribution in [2.75, 3.05) is 13.2 Å². The molecule has 0 fully saturated rings. The van der Waals surface area contributed by atoms with Crippen molar-refractivity contribution < 1.29 is 14.1 Å². The zero-order valence-electron chi connectivity index (χ0n) is 16.1. The van der Waals surface area contributed by atoms with Gasteiger partial charge in [0, 0.05) is 17.1 Å². The molecule has 0 unspecified atom stereocenters. The number of halogens is 1. The average molecular weight is 400 g/mol. The molecule has 0 spiro atoms. The van der Waals surface area contributed by atoms with Gasteiger partial charge in [0.05, 0.1) is 0 Å². The number of nitrogens with zero attached hydrogens (tertiary/aromatic N) is 3. The third kappa shape index (κ3) is 4.89. The van der Waals surface area contributed by atoms with E-state index in [1.54, 1.807) is 23.1 Å². The van der Waals surface area contributed by atoms with Gasteiger partial charge in [0.1, 0.15) is 12.3 Å². The van der Waals surface area contributed by atoms with Crippen LogP contribution in [0.1, 0.15) is 23.9 Å². The van der Waals surface area contributed by atoms with Crippen molar-refractivity contribution in [1.29, 1.82) is 0 Å². The molecule has 3 rings (SSSR count). The van der Waals surface area contributed by atoms with Gasteiger partial charge in [-0.1, -0.05) is 46.6 Å². The van der Waals surface area contributed by atoms with E-state index in [9.17, 15) is 4.79 Å². The van der Waals surface area contributed by atoms with Crippen LogP contribution in [0.2, 0.25) is 5.02 Å². The van der Waals surface area contributed by atoms with Crippen molar-refractivity contribution >= 4 is 17.5 Å². The van der Waals surface area contributed by atoms with E-state index in [0.29, 0.717) is 29.0 Å². The number of aromatic nitrogens is 2. The van der Waals surface area contributed by atoms with E-state index in [1.165, 1.54) is 0 Å². The molecule has 2 aromatic carbocycles. The molecule has 0 saturated heterocycles. The molecule has 28 heavy (non-hydrogen) atoms. The maximum absolute atomic E-state index is 12.5. The van der Waals surface area contributed by atoms with Crippen LogP contribution in [0.15, 0.2) is 47.0 Å². The lowest BCUT2D eigenvalue weighted by molar-refractivity contribution is -0.134. The molecule has 1 heterocycles. The zero-order valence-corrected chi connectivity index (χ0v) is 16.9. The van der Waals surface area contributed by atoms with Gasteiger partial charge in [0.2, 0.25) is 11.7 Å². The first-order valence-corrected chi connectivity index (χ1v) is 9.40. The average Bonchev–Trinajstić information content (AvgIpc) is 3.14. The Balaban J connectivity index is 1.62. The Morgan fingerprint density at radius 2 is 1.93 bits per heavy atom. The van der Waals surface area contributed by atoms with Crippen LogP contribution in [-0.2, 0) is 11.3 Å². The van der Waals surface area contributed by atoms with Crippen LogP contribution in [0.25, 0.3) is 11.4 Å². The highest BCUT2D eigenvalue weighted by molar-refractivity contribution is 6.30. The second kappa shape index (κ2) is 8.89. The third-order valence-electron chi connectivity index (χ3n) is 4.33. The van der Waals surface area contributed by atoms with Gasteiger partial charge in [0.15, 0.2) is 6.61 Å². The number of amides is 1. The number of ether oxygens (including phenoxy) is 1. The number of benzene rings is 2. The second-order valence-corrected chi connectivity index (χ2v) is 6.92. The lowest BCUT2D eigenvalue weighted by Gasteiger charge is -2.19. The first-order valence-electron chi connectivity index (χ1n) is 9.02. The van der Waals surface area contributed by atoms with Crippen LogP contribution in [0.3, 0.4) is 0 Å². The van der Waals surface area contributed by atoms with E-state index in [0.717, 1.165) is 16.7 Å². The minimum absolute atomic E-state index is 0.0741. The summed E-state index contributed by atoms with van der Waals surface area (Å²) in [5, 5.41) is 4.64. The van der Waals surface area contributed by atoms with Gasteiger partial charge in [0.25, 0.3) is 5.91 Å². The molecule has 1 aromatic heterocycles. The van der Waals surface area contributed by atoms with E-state index in [1.807, 2.05) is 45.0 Å². The summed E-state index contributed by atoms with van der Waals surface area (Å²) in [6, 6.07) is 13.1. The maximum atomic E-state index is 12.5. The molecule has 0 aliphatic rings. The zero-order chi connectivity index (χ0) is 20.1. The Hall–Kier alpha value is -2.86. The molecule has 0 radical (unpaired) electrons. The highest BCUT2D eigenvalue weighted by Gasteiger charge is 2.17. The first-order chi connectivity index (χ1) is 13.5. The third-order valence-corrected chi connectivity index (χ3v) is 4.56. The number of carbonyl (C=O) groups excluding carboxylic acids is 1. The maximum Gasteiger partial charge on any atom is 0.260 e. The lowest BCUT2D eigenvalue weighted by atomic mass is 10.1. The molecule has 7 heteroatoms. The Morgan fingerprint density at radius 3 is 2.61 bits per heavy atom. The fourth-order valence-corrected chi connectivity index (χ4v) is 2.91. The minimum atomic E-state index is -0.160. The Morgan fingerprint density at radius 1 is 1.18 bits per heavy atom. The van der Waals surface area contributed by atoms with Crippen LogP contribution in [0, 0.1) is 13.8 Å². The summed E-state index contributed by atoms with van der Waals surface area (Å²) in [5.74, 6) is 1.36. The summed E-state index contributed by atoms with van der Waals surface area (Å²) >= 11 is 5.94. The fraction of sp³-hybridized carbons (Fsp3) is 0.286. The van der Waals surface area contributed by atoms with Crippen molar-refractivity contribution in [3.8, 4) is 17.1 Å². The fourth-order valence-electron chi connectivity index (χ4n) is 2.68. The number of carbonyl (C=O) groups is 1. The molecule has 0 N–H and O–H groups in total. The summed E-state index contributed by atoms with van der Waals surface area (Å²) in [5.41, 5.74) is 2.91. The van der Waals surface area contributed by atoms with Gasteiger partial charge < -0.3 is 14.2 Å². The molecular formula is C21H22ClN3O3. The van der Waals surface area contributed by atoms with Crippen LogP contribution in [0.5, 0.6) is 5.75 Å². The summed E-state index contributed by atoms with van der Waals surface area (Å²) in [4.78, 5) is 18.5. The molecule has 0 atom stereocenters. The van der Waals surface area contributed by atoms with Gasteiger partial charge in [-0.3, -0.25) is 4.79 Å². The summed E-state index contributed by atoms with van der Waals surface area (Å²) in [7, 11) is 0. The minimum Gasteiger partial charge on any atom is -0.483 e. The van der Waals surface area contributed by atoms with Crippen molar-refractivity contribution in [2.24, 2.45) is 0 Å².